The number of ether oxygens (including phenoxy) is 1. The first kappa shape index (κ1) is 18.8. The molecule has 0 spiro atoms. The number of amides is 2. The molecule has 2 heterocycles. The lowest BCUT2D eigenvalue weighted by Gasteiger charge is -2.31. The highest BCUT2D eigenvalue weighted by Gasteiger charge is 2.22. The third kappa shape index (κ3) is 3.84. The smallest absolute Gasteiger partial charge is 0.255 e. The number of para-hydroxylation sites is 1. The van der Waals surface area contributed by atoms with Crippen molar-refractivity contribution in [3.05, 3.63) is 53.1 Å². The van der Waals surface area contributed by atoms with Gasteiger partial charge < -0.3 is 19.9 Å². The number of hydrogen-bond acceptors (Lipinski definition) is 4. The van der Waals surface area contributed by atoms with E-state index in [0.717, 1.165) is 37.4 Å². The number of nitrogens with zero attached hydrogens (tertiary/aromatic N) is 2. The highest BCUT2D eigenvalue weighted by molar-refractivity contribution is 6.34. The first-order chi connectivity index (χ1) is 13.6. The molecule has 28 heavy (non-hydrogen) atoms. The van der Waals surface area contributed by atoms with E-state index >= 15 is 0 Å². The molecule has 7 heteroatoms. The van der Waals surface area contributed by atoms with E-state index in [1.54, 1.807) is 17.0 Å². The van der Waals surface area contributed by atoms with Crippen molar-refractivity contribution in [3.8, 4) is 0 Å². The SMILES string of the molecule is O=C(Nc1cccc(Cl)c1N1CCOCC1)c1ccc(N2CCCC2=O)cc1. The summed E-state index contributed by atoms with van der Waals surface area (Å²) in [5.74, 6) is -0.0812. The van der Waals surface area contributed by atoms with Crippen molar-refractivity contribution in [2.75, 3.05) is 48.0 Å². The minimum Gasteiger partial charge on any atom is -0.378 e. The zero-order valence-electron chi connectivity index (χ0n) is 15.5. The van der Waals surface area contributed by atoms with Crippen molar-refractivity contribution in [1.29, 1.82) is 0 Å². The molecule has 0 radical (unpaired) electrons. The van der Waals surface area contributed by atoms with Gasteiger partial charge in [-0.1, -0.05) is 17.7 Å². The van der Waals surface area contributed by atoms with E-state index in [-0.39, 0.29) is 11.8 Å². The summed E-state index contributed by atoms with van der Waals surface area (Å²) in [4.78, 5) is 28.5. The Bertz CT molecular complexity index is 879. The number of morpholine rings is 1. The van der Waals surface area contributed by atoms with Gasteiger partial charge in [-0.15, -0.1) is 0 Å². The maximum absolute atomic E-state index is 12.8. The summed E-state index contributed by atoms with van der Waals surface area (Å²) in [6, 6.07) is 12.6. The van der Waals surface area contributed by atoms with Gasteiger partial charge in [-0.05, 0) is 42.8 Å². The number of rotatable bonds is 4. The molecule has 6 nitrogen and oxygen atoms in total. The van der Waals surface area contributed by atoms with Crippen LogP contribution in [0.3, 0.4) is 0 Å². The van der Waals surface area contributed by atoms with Gasteiger partial charge in [0, 0.05) is 37.3 Å². The second-order valence-corrected chi connectivity index (χ2v) is 7.29. The summed E-state index contributed by atoms with van der Waals surface area (Å²) in [6.07, 6.45) is 1.46. The van der Waals surface area contributed by atoms with Gasteiger partial charge in [0.05, 0.1) is 29.6 Å². The van der Waals surface area contributed by atoms with Crippen LogP contribution in [0.5, 0.6) is 0 Å². The number of anilines is 3. The maximum atomic E-state index is 12.8. The van der Waals surface area contributed by atoms with Gasteiger partial charge in [0.1, 0.15) is 0 Å². The Morgan fingerprint density at radius 3 is 2.46 bits per heavy atom. The van der Waals surface area contributed by atoms with Crippen LogP contribution in [0.4, 0.5) is 17.1 Å². The molecule has 2 aliphatic heterocycles. The van der Waals surface area contributed by atoms with Crippen LogP contribution in [0.25, 0.3) is 0 Å². The number of carbonyl (C=O) groups is 2. The molecule has 2 saturated heterocycles. The first-order valence-electron chi connectivity index (χ1n) is 9.46. The van der Waals surface area contributed by atoms with Crippen LogP contribution in [-0.4, -0.2) is 44.7 Å². The Morgan fingerprint density at radius 1 is 1.04 bits per heavy atom. The maximum Gasteiger partial charge on any atom is 0.255 e. The van der Waals surface area contributed by atoms with Gasteiger partial charge in [-0.2, -0.15) is 0 Å². The molecule has 2 aromatic carbocycles. The van der Waals surface area contributed by atoms with E-state index in [1.807, 2.05) is 30.3 Å². The molecular weight excluding hydrogens is 378 g/mol. The van der Waals surface area contributed by atoms with E-state index in [4.69, 9.17) is 16.3 Å². The minimum atomic E-state index is -0.212. The van der Waals surface area contributed by atoms with Crippen LogP contribution in [-0.2, 0) is 9.53 Å². The Hall–Kier alpha value is -2.57. The van der Waals surface area contributed by atoms with Crippen LogP contribution in [0, 0.1) is 0 Å². The van der Waals surface area contributed by atoms with Gasteiger partial charge in [0.2, 0.25) is 5.91 Å². The lowest BCUT2D eigenvalue weighted by Crippen LogP contribution is -2.37. The van der Waals surface area contributed by atoms with Crippen LogP contribution < -0.4 is 15.1 Å². The molecule has 146 valence electrons. The number of benzene rings is 2. The van der Waals surface area contributed by atoms with E-state index in [9.17, 15) is 9.59 Å². The third-order valence-electron chi connectivity index (χ3n) is 5.08. The molecule has 2 fully saturated rings. The summed E-state index contributed by atoms with van der Waals surface area (Å²) in [6.45, 7) is 3.46. The number of nitrogens with one attached hydrogen (secondary N) is 1. The molecule has 0 aliphatic carbocycles. The zero-order chi connectivity index (χ0) is 19.5. The normalized spacial score (nSPS) is 17.1. The van der Waals surface area contributed by atoms with Crippen molar-refractivity contribution in [2.24, 2.45) is 0 Å². The fourth-order valence-electron chi connectivity index (χ4n) is 3.63. The fraction of sp³-hybridized carbons (Fsp3) is 0.333. The van der Waals surface area contributed by atoms with Gasteiger partial charge in [0.25, 0.3) is 5.91 Å². The molecule has 0 bridgehead atoms. The number of hydrogen-bond donors (Lipinski definition) is 1. The molecule has 2 aromatic rings. The molecule has 2 amide bonds. The lowest BCUT2D eigenvalue weighted by atomic mass is 10.1. The van der Waals surface area contributed by atoms with Gasteiger partial charge in [-0.25, -0.2) is 0 Å². The molecule has 2 aliphatic rings. The predicted molar refractivity (Wildman–Crippen MR) is 110 cm³/mol. The molecule has 1 N–H and O–H groups in total. The number of halogens is 1. The van der Waals surface area contributed by atoms with E-state index in [2.05, 4.69) is 10.2 Å². The fourth-order valence-corrected chi connectivity index (χ4v) is 3.93. The Balaban J connectivity index is 1.52. The summed E-state index contributed by atoms with van der Waals surface area (Å²) in [7, 11) is 0. The highest BCUT2D eigenvalue weighted by atomic mass is 35.5. The quantitative estimate of drug-likeness (QED) is 0.854. The minimum absolute atomic E-state index is 0.131. The number of carbonyl (C=O) groups excluding carboxylic acids is 2. The average Bonchev–Trinajstić information content (AvgIpc) is 3.15. The first-order valence-corrected chi connectivity index (χ1v) is 9.84. The van der Waals surface area contributed by atoms with Crippen LogP contribution >= 0.6 is 11.6 Å². The lowest BCUT2D eigenvalue weighted by molar-refractivity contribution is -0.117. The molecule has 0 atom stereocenters. The largest absolute Gasteiger partial charge is 0.378 e. The Morgan fingerprint density at radius 2 is 1.79 bits per heavy atom. The zero-order valence-corrected chi connectivity index (χ0v) is 16.2. The molecular formula is C21H22ClN3O3. The predicted octanol–water partition coefficient (Wildman–Crippen LogP) is 3.56. The van der Waals surface area contributed by atoms with Crippen molar-refractivity contribution in [1.82, 2.24) is 0 Å². The summed E-state index contributed by atoms with van der Waals surface area (Å²) >= 11 is 6.43. The van der Waals surface area contributed by atoms with Gasteiger partial charge >= 0.3 is 0 Å². The third-order valence-corrected chi connectivity index (χ3v) is 5.38. The van der Waals surface area contributed by atoms with Crippen molar-refractivity contribution >= 4 is 40.5 Å². The highest BCUT2D eigenvalue weighted by Crippen LogP contribution is 2.34. The second-order valence-electron chi connectivity index (χ2n) is 6.89. The van der Waals surface area contributed by atoms with Crippen LogP contribution in [0.1, 0.15) is 23.2 Å². The van der Waals surface area contributed by atoms with Crippen LogP contribution in [0.2, 0.25) is 5.02 Å². The second kappa shape index (κ2) is 8.20. The molecule has 0 saturated carbocycles. The molecule has 0 aromatic heterocycles. The van der Waals surface area contributed by atoms with Crippen molar-refractivity contribution in [3.63, 3.8) is 0 Å². The monoisotopic (exact) mass is 399 g/mol. The van der Waals surface area contributed by atoms with E-state index in [0.29, 0.717) is 35.9 Å². The molecule has 4 rings (SSSR count). The Kier molecular flexibility index (Phi) is 5.50. The van der Waals surface area contributed by atoms with E-state index in [1.165, 1.54) is 0 Å². The van der Waals surface area contributed by atoms with Crippen LogP contribution in [0.15, 0.2) is 42.5 Å². The van der Waals surface area contributed by atoms with Crippen molar-refractivity contribution in [2.45, 2.75) is 12.8 Å². The van der Waals surface area contributed by atoms with Gasteiger partial charge in [0.15, 0.2) is 0 Å². The molecule has 0 unspecified atom stereocenters. The van der Waals surface area contributed by atoms with E-state index < -0.39 is 0 Å². The van der Waals surface area contributed by atoms with Crippen molar-refractivity contribution < 1.29 is 14.3 Å². The van der Waals surface area contributed by atoms with Gasteiger partial charge in [-0.3, -0.25) is 9.59 Å². The Labute approximate surface area is 169 Å². The summed E-state index contributed by atoms with van der Waals surface area (Å²) in [5.41, 5.74) is 2.86. The summed E-state index contributed by atoms with van der Waals surface area (Å²) < 4.78 is 5.41. The summed E-state index contributed by atoms with van der Waals surface area (Å²) in [5, 5.41) is 3.58. The topological polar surface area (TPSA) is 61.9 Å². The average molecular weight is 400 g/mol. The standard InChI is InChI=1S/C21H22ClN3O3/c22-17-3-1-4-18(20(17)24-11-13-28-14-12-24)23-21(27)15-6-8-16(9-7-15)25-10-2-5-19(25)26/h1,3-4,6-9H,2,5,10-14H2,(H,23,27).